The van der Waals surface area contributed by atoms with Crippen LogP contribution in [0, 0.1) is 6.92 Å². The minimum absolute atomic E-state index is 0.451. The molecule has 0 saturated carbocycles. The third-order valence-electron chi connectivity index (χ3n) is 2.04. The fourth-order valence-electron chi connectivity index (χ4n) is 1.26. The van der Waals surface area contributed by atoms with E-state index < -0.39 is 0 Å². The Hall–Kier alpha value is -0.770. The highest BCUT2D eigenvalue weighted by Crippen LogP contribution is 2.33. The van der Waals surface area contributed by atoms with Crippen molar-refractivity contribution in [2.75, 3.05) is 0 Å². The fraction of sp³-hybridized carbons (Fsp3) is 0.0833. The second-order valence-electron chi connectivity index (χ2n) is 3.48. The normalized spacial score (nSPS) is 10.4. The fourth-order valence-corrected chi connectivity index (χ4v) is 2.25. The van der Waals surface area contributed by atoms with Gasteiger partial charge in [0.25, 0.3) is 0 Å². The third kappa shape index (κ3) is 3.12. The van der Waals surface area contributed by atoms with Crippen LogP contribution < -0.4 is 4.74 Å². The number of benzene rings is 1. The van der Waals surface area contributed by atoms with E-state index in [-0.39, 0.29) is 0 Å². The van der Waals surface area contributed by atoms with Crippen LogP contribution in [-0.4, -0.2) is 4.98 Å². The summed E-state index contributed by atoms with van der Waals surface area (Å²) in [6, 6.07) is 6.97. The Morgan fingerprint density at radius 3 is 2.65 bits per heavy atom. The van der Waals surface area contributed by atoms with Crippen molar-refractivity contribution in [2.24, 2.45) is 0 Å². The molecule has 0 aliphatic carbocycles. The van der Waals surface area contributed by atoms with E-state index in [0.717, 1.165) is 10.0 Å². The Kier molecular flexibility index (Phi) is 3.92. The summed E-state index contributed by atoms with van der Waals surface area (Å²) in [5, 5.41) is 1.02. The van der Waals surface area contributed by atoms with Crippen LogP contribution in [-0.2, 0) is 0 Å². The highest BCUT2D eigenvalue weighted by Gasteiger charge is 2.08. The molecule has 0 radical (unpaired) electrons. The molecule has 2 aromatic rings. The van der Waals surface area contributed by atoms with Gasteiger partial charge in [0, 0.05) is 11.2 Å². The summed E-state index contributed by atoms with van der Waals surface area (Å²) in [4.78, 5) is 4.18. The number of hydrogen-bond acceptors (Lipinski definition) is 2. The molecule has 0 spiro atoms. The quantitative estimate of drug-likeness (QED) is 0.749. The number of aryl methyl sites for hydroxylation is 1. The average Bonchev–Trinajstić information content (AvgIpc) is 2.25. The van der Waals surface area contributed by atoms with E-state index >= 15 is 0 Å². The number of pyridine rings is 1. The first-order valence-electron chi connectivity index (χ1n) is 4.81. The number of hydrogen-bond donors (Lipinski definition) is 0. The first kappa shape index (κ1) is 12.7. The molecule has 17 heavy (non-hydrogen) atoms. The van der Waals surface area contributed by atoms with Crippen molar-refractivity contribution in [1.82, 2.24) is 4.98 Å². The lowest BCUT2D eigenvalue weighted by atomic mass is 10.3. The van der Waals surface area contributed by atoms with Gasteiger partial charge in [0.15, 0.2) is 0 Å². The van der Waals surface area contributed by atoms with Crippen LogP contribution in [0.1, 0.15) is 5.56 Å². The van der Waals surface area contributed by atoms with Crippen LogP contribution in [0.3, 0.4) is 0 Å². The summed E-state index contributed by atoms with van der Waals surface area (Å²) >= 11 is 15.2. The van der Waals surface area contributed by atoms with Gasteiger partial charge in [-0.1, -0.05) is 23.2 Å². The van der Waals surface area contributed by atoms with Gasteiger partial charge in [-0.25, -0.2) is 4.98 Å². The molecular weight excluding hydrogens is 325 g/mol. The highest BCUT2D eigenvalue weighted by molar-refractivity contribution is 9.10. The van der Waals surface area contributed by atoms with E-state index in [0.29, 0.717) is 21.7 Å². The first-order chi connectivity index (χ1) is 8.06. The van der Waals surface area contributed by atoms with Crippen LogP contribution in [0.4, 0.5) is 0 Å². The molecule has 0 saturated heterocycles. The van der Waals surface area contributed by atoms with Crippen molar-refractivity contribution >= 4 is 39.1 Å². The summed E-state index contributed by atoms with van der Waals surface area (Å²) in [5.74, 6) is 0.993. The van der Waals surface area contributed by atoms with Crippen molar-refractivity contribution in [3.63, 3.8) is 0 Å². The zero-order valence-corrected chi connectivity index (χ0v) is 12.0. The van der Waals surface area contributed by atoms with Crippen molar-refractivity contribution in [3.8, 4) is 11.6 Å². The molecule has 0 bridgehead atoms. The van der Waals surface area contributed by atoms with Gasteiger partial charge in [0.05, 0.1) is 9.50 Å². The van der Waals surface area contributed by atoms with Gasteiger partial charge in [-0.05, 0) is 52.7 Å². The second-order valence-corrected chi connectivity index (χ2v) is 5.17. The first-order valence-corrected chi connectivity index (χ1v) is 6.36. The summed E-state index contributed by atoms with van der Waals surface area (Å²) < 4.78 is 6.38. The number of nitrogens with zero attached hydrogens (tertiary/aromatic N) is 1. The summed E-state index contributed by atoms with van der Waals surface area (Å²) in [7, 11) is 0. The zero-order valence-electron chi connectivity index (χ0n) is 8.88. The van der Waals surface area contributed by atoms with Gasteiger partial charge in [0.2, 0.25) is 5.88 Å². The molecule has 2 rings (SSSR count). The molecule has 0 aliphatic rings. The molecule has 5 heteroatoms. The molecule has 0 unspecified atom stereocenters. The monoisotopic (exact) mass is 331 g/mol. The minimum Gasteiger partial charge on any atom is -0.436 e. The second kappa shape index (κ2) is 5.25. The SMILES string of the molecule is Cc1cnc(Oc2ccc(Cl)cc2Cl)c(Br)c1. The van der Waals surface area contributed by atoms with Gasteiger partial charge in [-0.3, -0.25) is 0 Å². The molecule has 1 aromatic heterocycles. The van der Waals surface area contributed by atoms with Gasteiger partial charge in [0.1, 0.15) is 5.75 Å². The maximum Gasteiger partial charge on any atom is 0.233 e. The topological polar surface area (TPSA) is 22.1 Å². The third-order valence-corrected chi connectivity index (χ3v) is 3.14. The number of halogens is 3. The molecule has 0 N–H and O–H groups in total. The highest BCUT2D eigenvalue weighted by atomic mass is 79.9. The van der Waals surface area contributed by atoms with E-state index in [1.165, 1.54) is 0 Å². The van der Waals surface area contributed by atoms with E-state index in [4.69, 9.17) is 27.9 Å². The van der Waals surface area contributed by atoms with Gasteiger partial charge >= 0.3 is 0 Å². The summed E-state index contributed by atoms with van der Waals surface area (Å²) in [6.07, 6.45) is 1.73. The molecule has 0 atom stereocenters. The molecule has 1 heterocycles. The zero-order chi connectivity index (χ0) is 12.4. The molecule has 0 fully saturated rings. The van der Waals surface area contributed by atoms with Crippen molar-refractivity contribution in [1.29, 1.82) is 0 Å². The largest absolute Gasteiger partial charge is 0.436 e. The Balaban J connectivity index is 2.31. The predicted molar refractivity (Wildman–Crippen MR) is 73.2 cm³/mol. The molecule has 2 nitrogen and oxygen atoms in total. The Morgan fingerprint density at radius 2 is 2.00 bits per heavy atom. The summed E-state index contributed by atoms with van der Waals surface area (Å²) in [5.41, 5.74) is 1.05. The lowest BCUT2D eigenvalue weighted by Crippen LogP contribution is -1.90. The minimum atomic E-state index is 0.451. The van der Waals surface area contributed by atoms with Crippen molar-refractivity contribution in [2.45, 2.75) is 6.92 Å². The number of ether oxygens (including phenoxy) is 1. The summed E-state index contributed by atoms with van der Waals surface area (Å²) in [6.45, 7) is 1.96. The standard InChI is InChI=1S/C12H8BrCl2NO/c1-7-4-9(13)12(16-6-7)17-11-3-2-8(14)5-10(11)15/h2-6H,1H3. The maximum atomic E-state index is 6.01. The Labute approximate surface area is 118 Å². The van der Waals surface area contributed by atoms with Gasteiger partial charge < -0.3 is 4.74 Å². The molecule has 88 valence electrons. The van der Waals surface area contributed by atoms with E-state index in [1.54, 1.807) is 24.4 Å². The molecule has 0 amide bonds. The maximum absolute atomic E-state index is 6.01. The lowest BCUT2D eigenvalue weighted by Gasteiger charge is -2.08. The Bertz CT molecular complexity index is 511. The van der Waals surface area contributed by atoms with E-state index in [9.17, 15) is 0 Å². The van der Waals surface area contributed by atoms with Gasteiger partial charge in [-0.2, -0.15) is 0 Å². The van der Waals surface area contributed by atoms with Gasteiger partial charge in [-0.15, -0.1) is 0 Å². The lowest BCUT2D eigenvalue weighted by molar-refractivity contribution is 0.459. The van der Waals surface area contributed by atoms with Crippen LogP contribution >= 0.6 is 39.1 Å². The molecular formula is C12H8BrCl2NO. The molecule has 0 aliphatic heterocycles. The smallest absolute Gasteiger partial charge is 0.233 e. The average molecular weight is 333 g/mol. The van der Waals surface area contributed by atoms with Crippen LogP contribution in [0.2, 0.25) is 10.0 Å². The predicted octanol–water partition coefficient (Wildman–Crippen LogP) is 5.25. The Morgan fingerprint density at radius 1 is 1.24 bits per heavy atom. The number of rotatable bonds is 2. The van der Waals surface area contributed by atoms with Crippen molar-refractivity contribution in [3.05, 3.63) is 50.5 Å². The number of aromatic nitrogens is 1. The van der Waals surface area contributed by atoms with Crippen LogP contribution in [0.25, 0.3) is 0 Å². The molecule has 1 aromatic carbocycles. The van der Waals surface area contributed by atoms with E-state index in [1.807, 2.05) is 13.0 Å². The van der Waals surface area contributed by atoms with Crippen molar-refractivity contribution < 1.29 is 4.74 Å². The van der Waals surface area contributed by atoms with E-state index in [2.05, 4.69) is 20.9 Å². The van der Waals surface area contributed by atoms with Crippen LogP contribution in [0.5, 0.6) is 11.6 Å². The van der Waals surface area contributed by atoms with Crippen LogP contribution in [0.15, 0.2) is 34.9 Å².